The SMILES string of the molecule is CCNC(=NCC(CC)(CC)CO)NCC1(C)CCCS1. The predicted octanol–water partition coefficient (Wildman–Crippen LogP) is 2.63. The van der Waals surface area contributed by atoms with Crippen molar-refractivity contribution in [2.24, 2.45) is 10.4 Å². The largest absolute Gasteiger partial charge is 0.396 e. The van der Waals surface area contributed by atoms with E-state index >= 15 is 0 Å². The first kappa shape index (κ1) is 18.6. The van der Waals surface area contributed by atoms with E-state index in [1.54, 1.807) is 0 Å². The van der Waals surface area contributed by atoms with Crippen LogP contribution in [0.4, 0.5) is 0 Å². The number of aliphatic hydroxyl groups excluding tert-OH is 1. The van der Waals surface area contributed by atoms with Gasteiger partial charge in [0.25, 0.3) is 0 Å². The molecule has 1 saturated heterocycles. The number of nitrogens with one attached hydrogen (secondary N) is 2. The van der Waals surface area contributed by atoms with Crippen molar-refractivity contribution in [3.63, 3.8) is 0 Å². The highest BCUT2D eigenvalue weighted by molar-refractivity contribution is 8.00. The van der Waals surface area contributed by atoms with Crippen molar-refractivity contribution in [3.05, 3.63) is 0 Å². The summed E-state index contributed by atoms with van der Waals surface area (Å²) in [5, 5.41) is 16.5. The molecule has 5 heteroatoms. The number of thioether (sulfide) groups is 1. The Hall–Kier alpha value is -0.420. The van der Waals surface area contributed by atoms with Gasteiger partial charge in [-0.1, -0.05) is 13.8 Å². The van der Waals surface area contributed by atoms with Crippen LogP contribution in [0.5, 0.6) is 0 Å². The molecule has 0 radical (unpaired) electrons. The Labute approximate surface area is 134 Å². The number of hydrogen-bond acceptors (Lipinski definition) is 3. The van der Waals surface area contributed by atoms with Crippen LogP contribution in [-0.4, -0.2) is 47.8 Å². The second kappa shape index (κ2) is 8.89. The van der Waals surface area contributed by atoms with Gasteiger partial charge in [0.2, 0.25) is 0 Å². The Morgan fingerprint density at radius 1 is 1.29 bits per heavy atom. The Bertz CT molecular complexity index is 315. The van der Waals surface area contributed by atoms with E-state index < -0.39 is 0 Å². The molecule has 3 N–H and O–H groups in total. The van der Waals surface area contributed by atoms with Crippen LogP contribution in [-0.2, 0) is 0 Å². The minimum atomic E-state index is -0.0750. The van der Waals surface area contributed by atoms with Gasteiger partial charge < -0.3 is 15.7 Å². The van der Waals surface area contributed by atoms with Gasteiger partial charge in [-0.05, 0) is 45.3 Å². The van der Waals surface area contributed by atoms with Gasteiger partial charge in [-0.2, -0.15) is 11.8 Å². The summed E-state index contributed by atoms with van der Waals surface area (Å²) in [5.74, 6) is 2.15. The van der Waals surface area contributed by atoms with Crippen LogP contribution in [0.1, 0.15) is 53.4 Å². The Morgan fingerprint density at radius 2 is 2.00 bits per heavy atom. The fourth-order valence-corrected chi connectivity index (χ4v) is 3.83. The van der Waals surface area contributed by atoms with E-state index in [0.717, 1.165) is 31.9 Å². The maximum atomic E-state index is 9.65. The van der Waals surface area contributed by atoms with Gasteiger partial charge >= 0.3 is 0 Å². The van der Waals surface area contributed by atoms with Gasteiger partial charge in [-0.15, -0.1) is 0 Å². The van der Waals surface area contributed by atoms with Gasteiger partial charge in [0.05, 0.1) is 13.2 Å². The zero-order valence-corrected chi connectivity index (χ0v) is 15.0. The van der Waals surface area contributed by atoms with E-state index in [9.17, 15) is 5.11 Å². The molecule has 1 rings (SSSR count). The second-order valence-corrected chi connectivity index (χ2v) is 8.00. The van der Waals surface area contributed by atoms with Crippen molar-refractivity contribution in [2.45, 2.75) is 58.1 Å². The minimum absolute atomic E-state index is 0.0750. The molecule has 1 unspecified atom stereocenters. The first-order valence-electron chi connectivity index (χ1n) is 8.30. The van der Waals surface area contributed by atoms with Crippen molar-refractivity contribution in [1.82, 2.24) is 10.6 Å². The normalized spacial score (nSPS) is 23.4. The summed E-state index contributed by atoms with van der Waals surface area (Å²) in [6.45, 7) is 11.4. The molecule has 21 heavy (non-hydrogen) atoms. The highest BCUT2D eigenvalue weighted by Crippen LogP contribution is 2.36. The molecule has 1 atom stereocenters. The number of aliphatic imine (C=N–C) groups is 1. The third-order valence-corrected chi connectivity index (χ3v) is 6.22. The molecule has 0 amide bonds. The molecule has 0 aromatic heterocycles. The fraction of sp³-hybridized carbons (Fsp3) is 0.938. The van der Waals surface area contributed by atoms with E-state index in [-0.39, 0.29) is 12.0 Å². The maximum Gasteiger partial charge on any atom is 0.191 e. The van der Waals surface area contributed by atoms with Crippen LogP contribution < -0.4 is 10.6 Å². The van der Waals surface area contributed by atoms with Gasteiger partial charge in [-0.25, -0.2) is 0 Å². The highest BCUT2D eigenvalue weighted by atomic mass is 32.2. The molecule has 1 fully saturated rings. The summed E-state index contributed by atoms with van der Waals surface area (Å²) in [6.07, 6.45) is 4.50. The Kier molecular flexibility index (Phi) is 7.88. The van der Waals surface area contributed by atoms with Crippen molar-refractivity contribution < 1.29 is 5.11 Å². The third-order valence-electron chi connectivity index (χ3n) is 4.68. The quantitative estimate of drug-likeness (QED) is 0.476. The van der Waals surface area contributed by atoms with Crippen LogP contribution in [0.25, 0.3) is 0 Å². The number of nitrogens with zero attached hydrogens (tertiary/aromatic N) is 1. The van der Waals surface area contributed by atoms with E-state index in [4.69, 9.17) is 4.99 Å². The molecule has 0 aliphatic carbocycles. The smallest absolute Gasteiger partial charge is 0.191 e. The summed E-state index contributed by atoms with van der Waals surface area (Å²) in [6, 6.07) is 0. The predicted molar refractivity (Wildman–Crippen MR) is 94.2 cm³/mol. The van der Waals surface area contributed by atoms with E-state index in [2.05, 4.69) is 50.1 Å². The van der Waals surface area contributed by atoms with Crippen molar-refractivity contribution in [1.29, 1.82) is 0 Å². The van der Waals surface area contributed by atoms with E-state index in [0.29, 0.717) is 11.3 Å². The van der Waals surface area contributed by atoms with Crippen molar-refractivity contribution in [3.8, 4) is 0 Å². The zero-order chi connectivity index (χ0) is 15.8. The topological polar surface area (TPSA) is 56.7 Å². The molecular formula is C16H33N3OS. The average molecular weight is 316 g/mol. The lowest BCUT2D eigenvalue weighted by Crippen LogP contribution is -2.44. The second-order valence-electron chi connectivity index (χ2n) is 6.32. The molecule has 0 spiro atoms. The van der Waals surface area contributed by atoms with Crippen molar-refractivity contribution in [2.75, 3.05) is 32.0 Å². The van der Waals surface area contributed by atoms with Crippen LogP contribution in [0, 0.1) is 5.41 Å². The summed E-state index contributed by atoms with van der Waals surface area (Å²) < 4.78 is 0.333. The van der Waals surface area contributed by atoms with E-state index in [1.165, 1.54) is 18.6 Å². The molecule has 0 bridgehead atoms. The average Bonchev–Trinajstić information content (AvgIpc) is 2.94. The fourth-order valence-electron chi connectivity index (χ4n) is 2.58. The lowest BCUT2D eigenvalue weighted by Gasteiger charge is -2.28. The number of hydrogen-bond donors (Lipinski definition) is 3. The first-order chi connectivity index (χ1) is 10.0. The first-order valence-corrected chi connectivity index (χ1v) is 9.28. The molecule has 4 nitrogen and oxygen atoms in total. The van der Waals surface area contributed by atoms with Crippen LogP contribution in [0.15, 0.2) is 4.99 Å². The van der Waals surface area contributed by atoms with Crippen LogP contribution in [0.2, 0.25) is 0 Å². The highest BCUT2D eigenvalue weighted by Gasteiger charge is 2.29. The molecular weight excluding hydrogens is 282 g/mol. The van der Waals surface area contributed by atoms with Gasteiger partial charge in [-0.3, -0.25) is 4.99 Å². The molecule has 0 aromatic carbocycles. The molecule has 1 aliphatic heterocycles. The van der Waals surface area contributed by atoms with Gasteiger partial charge in [0.1, 0.15) is 0 Å². The zero-order valence-electron chi connectivity index (χ0n) is 14.2. The Balaban J connectivity index is 2.60. The monoisotopic (exact) mass is 315 g/mol. The van der Waals surface area contributed by atoms with Gasteiger partial charge in [0.15, 0.2) is 5.96 Å². The van der Waals surface area contributed by atoms with E-state index in [1.807, 2.05) is 0 Å². The summed E-state index contributed by atoms with van der Waals surface area (Å²) in [7, 11) is 0. The number of guanidine groups is 1. The molecule has 1 heterocycles. The summed E-state index contributed by atoms with van der Waals surface area (Å²) in [5.41, 5.74) is -0.0750. The molecule has 124 valence electrons. The van der Waals surface area contributed by atoms with Gasteiger partial charge in [0, 0.05) is 23.3 Å². The number of aliphatic hydroxyl groups is 1. The lowest BCUT2D eigenvalue weighted by atomic mass is 9.83. The summed E-state index contributed by atoms with van der Waals surface area (Å²) in [4.78, 5) is 4.72. The number of rotatable bonds is 8. The minimum Gasteiger partial charge on any atom is -0.396 e. The van der Waals surface area contributed by atoms with Crippen molar-refractivity contribution >= 4 is 17.7 Å². The molecule has 1 aliphatic rings. The standard InChI is InChI=1S/C16H33N3OS/c1-5-16(6-2,13-20)12-19-14(17-7-3)18-11-15(4)9-8-10-21-15/h20H,5-13H2,1-4H3,(H2,17,18,19). The maximum absolute atomic E-state index is 9.65. The Morgan fingerprint density at radius 3 is 2.48 bits per heavy atom. The lowest BCUT2D eigenvalue weighted by molar-refractivity contribution is 0.123. The molecule has 0 aromatic rings. The third kappa shape index (κ3) is 5.70. The molecule has 0 saturated carbocycles. The van der Waals surface area contributed by atoms with Crippen LogP contribution >= 0.6 is 11.8 Å². The summed E-state index contributed by atoms with van der Waals surface area (Å²) >= 11 is 2.06. The van der Waals surface area contributed by atoms with Crippen LogP contribution in [0.3, 0.4) is 0 Å².